The van der Waals surface area contributed by atoms with Gasteiger partial charge < -0.3 is 5.73 Å². The van der Waals surface area contributed by atoms with E-state index in [4.69, 9.17) is 5.73 Å². The Morgan fingerprint density at radius 3 is 2.65 bits per heavy atom. The topological polar surface area (TPSA) is 26.0 Å². The van der Waals surface area contributed by atoms with Gasteiger partial charge in [-0.3, -0.25) is 0 Å². The third kappa shape index (κ3) is 2.11. The van der Waals surface area contributed by atoms with Gasteiger partial charge in [0.25, 0.3) is 0 Å². The van der Waals surface area contributed by atoms with E-state index in [2.05, 4.69) is 0 Å². The van der Waals surface area contributed by atoms with Gasteiger partial charge in [-0.2, -0.15) is 0 Å². The first-order valence-electron chi connectivity index (χ1n) is 6.72. The predicted molar refractivity (Wildman–Crippen MR) is 67.3 cm³/mol. The molecule has 0 bridgehead atoms. The Hall–Kier alpha value is -0.890. The molecular weight excluding hydrogens is 213 g/mol. The van der Waals surface area contributed by atoms with E-state index in [1.54, 1.807) is 12.1 Å². The maximum absolute atomic E-state index is 13.7. The van der Waals surface area contributed by atoms with Crippen molar-refractivity contribution in [3.63, 3.8) is 0 Å². The molecule has 2 atom stereocenters. The van der Waals surface area contributed by atoms with Crippen LogP contribution >= 0.6 is 0 Å². The molecule has 2 fully saturated rings. The lowest BCUT2D eigenvalue weighted by molar-refractivity contribution is 0.422. The molecule has 0 radical (unpaired) electrons. The van der Waals surface area contributed by atoms with E-state index in [1.165, 1.54) is 25.7 Å². The van der Waals surface area contributed by atoms with Gasteiger partial charge in [0.2, 0.25) is 0 Å². The molecule has 2 aliphatic rings. The van der Waals surface area contributed by atoms with Gasteiger partial charge in [-0.1, -0.05) is 43.9 Å². The van der Waals surface area contributed by atoms with Crippen LogP contribution in [0, 0.1) is 11.7 Å². The summed E-state index contributed by atoms with van der Waals surface area (Å²) in [4.78, 5) is 0. The predicted octanol–water partition coefficient (Wildman–Crippen LogP) is 3.59. The van der Waals surface area contributed by atoms with Crippen LogP contribution in [0.25, 0.3) is 0 Å². The van der Waals surface area contributed by atoms with E-state index in [1.807, 2.05) is 12.1 Å². The molecule has 0 spiro atoms. The first kappa shape index (κ1) is 11.2. The van der Waals surface area contributed by atoms with Gasteiger partial charge in [0.1, 0.15) is 5.82 Å². The number of rotatable bonds is 3. The lowest BCUT2D eigenvalue weighted by atomic mass is 9.94. The highest BCUT2D eigenvalue weighted by molar-refractivity contribution is 5.34. The third-order valence-corrected chi connectivity index (χ3v) is 4.54. The maximum atomic E-state index is 13.7. The molecule has 2 heteroatoms. The molecule has 1 aromatic rings. The summed E-state index contributed by atoms with van der Waals surface area (Å²) in [6.45, 7) is 0. The zero-order chi connectivity index (χ0) is 11.9. The first-order chi connectivity index (χ1) is 8.19. The molecule has 17 heavy (non-hydrogen) atoms. The Bertz CT molecular complexity index is 411. The molecule has 92 valence electrons. The van der Waals surface area contributed by atoms with E-state index in [0.29, 0.717) is 0 Å². The second kappa shape index (κ2) is 4.09. The summed E-state index contributed by atoms with van der Waals surface area (Å²) in [6.07, 6.45) is 7.40. The molecule has 2 aliphatic carbocycles. The summed E-state index contributed by atoms with van der Waals surface area (Å²) in [5.41, 5.74) is 7.12. The molecule has 0 amide bonds. The zero-order valence-corrected chi connectivity index (χ0v) is 10.2. The molecule has 2 N–H and O–H groups in total. The van der Waals surface area contributed by atoms with Crippen molar-refractivity contribution in [2.45, 2.75) is 50.0 Å². The normalized spacial score (nSPS) is 32.9. The van der Waals surface area contributed by atoms with Crippen LogP contribution in [0.3, 0.4) is 0 Å². The van der Waals surface area contributed by atoms with Crippen LogP contribution in [0.4, 0.5) is 4.39 Å². The van der Waals surface area contributed by atoms with Crippen molar-refractivity contribution < 1.29 is 4.39 Å². The lowest BCUT2D eigenvalue weighted by Crippen LogP contribution is -2.27. The SMILES string of the molecule is NC1(CC2CCCC2)CC1c1ccccc1F. The van der Waals surface area contributed by atoms with Crippen molar-refractivity contribution >= 4 is 0 Å². The van der Waals surface area contributed by atoms with Crippen molar-refractivity contribution in [1.29, 1.82) is 0 Å². The van der Waals surface area contributed by atoms with Crippen molar-refractivity contribution in [2.24, 2.45) is 11.7 Å². The number of hydrogen-bond acceptors (Lipinski definition) is 1. The number of hydrogen-bond donors (Lipinski definition) is 1. The summed E-state index contributed by atoms with van der Waals surface area (Å²) in [5, 5.41) is 0. The van der Waals surface area contributed by atoms with Gasteiger partial charge in [0.05, 0.1) is 0 Å². The summed E-state index contributed by atoms with van der Waals surface area (Å²) in [5.74, 6) is 0.956. The highest BCUT2D eigenvalue weighted by atomic mass is 19.1. The molecule has 2 saturated carbocycles. The highest BCUT2D eigenvalue weighted by Gasteiger charge is 2.53. The Morgan fingerprint density at radius 1 is 1.24 bits per heavy atom. The fourth-order valence-corrected chi connectivity index (χ4v) is 3.48. The van der Waals surface area contributed by atoms with Crippen LogP contribution in [0.2, 0.25) is 0 Å². The van der Waals surface area contributed by atoms with Gasteiger partial charge in [0.15, 0.2) is 0 Å². The Labute approximate surface area is 102 Å². The number of halogens is 1. The Balaban J connectivity index is 1.70. The van der Waals surface area contributed by atoms with Crippen LogP contribution in [-0.2, 0) is 0 Å². The minimum absolute atomic E-state index is 0.0868. The van der Waals surface area contributed by atoms with Gasteiger partial charge in [0, 0.05) is 11.5 Å². The van der Waals surface area contributed by atoms with E-state index in [-0.39, 0.29) is 17.3 Å². The van der Waals surface area contributed by atoms with E-state index >= 15 is 0 Å². The monoisotopic (exact) mass is 233 g/mol. The van der Waals surface area contributed by atoms with Gasteiger partial charge in [-0.05, 0) is 30.4 Å². The maximum Gasteiger partial charge on any atom is 0.126 e. The fraction of sp³-hybridized carbons (Fsp3) is 0.600. The molecule has 0 saturated heterocycles. The molecule has 0 aromatic heterocycles. The smallest absolute Gasteiger partial charge is 0.126 e. The number of nitrogens with two attached hydrogens (primary N) is 1. The molecule has 0 aliphatic heterocycles. The zero-order valence-electron chi connectivity index (χ0n) is 10.2. The standard InChI is InChI=1S/C15H20FN/c16-14-8-4-3-7-12(14)13-10-15(13,17)9-11-5-1-2-6-11/h3-4,7-8,11,13H,1-2,5-6,9-10,17H2. The van der Waals surface area contributed by atoms with E-state index < -0.39 is 0 Å². The fourth-order valence-electron chi connectivity index (χ4n) is 3.48. The van der Waals surface area contributed by atoms with Crippen molar-refractivity contribution in [3.8, 4) is 0 Å². The molecule has 2 unspecified atom stereocenters. The van der Waals surface area contributed by atoms with E-state index in [9.17, 15) is 4.39 Å². The van der Waals surface area contributed by atoms with Crippen molar-refractivity contribution in [1.82, 2.24) is 0 Å². The quantitative estimate of drug-likeness (QED) is 0.848. The molecular formula is C15H20FN. The average Bonchev–Trinajstić information content (AvgIpc) is 2.74. The minimum Gasteiger partial charge on any atom is -0.325 e. The summed E-state index contributed by atoms with van der Waals surface area (Å²) in [6, 6.07) is 7.09. The Morgan fingerprint density at radius 2 is 1.94 bits per heavy atom. The second-order valence-electron chi connectivity index (χ2n) is 5.87. The molecule has 1 aromatic carbocycles. The summed E-state index contributed by atoms with van der Waals surface area (Å²) in [7, 11) is 0. The van der Waals surface area contributed by atoms with Crippen LogP contribution in [-0.4, -0.2) is 5.54 Å². The highest BCUT2D eigenvalue weighted by Crippen LogP contribution is 2.54. The molecule has 1 nitrogen and oxygen atoms in total. The first-order valence-corrected chi connectivity index (χ1v) is 6.72. The summed E-state index contributed by atoms with van der Waals surface area (Å²) < 4.78 is 13.7. The summed E-state index contributed by atoms with van der Waals surface area (Å²) >= 11 is 0. The van der Waals surface area contributed by atoms with Gasteiger partial charge in [-0.15, -0.1) is 0 Å². The lowest BCUT2D eigenvalue weighted by Gasteiger charge is -2.17. The average molecular weight is 233 g/mol. The van der Waals surface area contributed by atoms with Crippen LogP contribution < -0.4 is 5.73 Å². The van der Waals surface area contributed by atoms with Gasteiger partial charge >= 0.3 is 0 Å². The third-order valence-electron chi connectivity index (χ3n) is 4.54. The van der Waals surface area contributed by atoms with Gasteiger partial charge in [-0.25, -0.2) is 4.39 Å². The van der Waals surface area contributed by atoms with Crippen LogP contribution in [0.5, 0.6) is 0 Å². The van der Waals surface area contributed by atoms with E-state index in [0.717, 1.165) is 24.3 Å². The van der Waals surface area contributed by atoms with Crippen LogP contribution in [0.1, 0.15) is 50.0 Å². The van der Waals surface area contributed by atoms with Crippen molar-refractivity contribution in [2.75, 3.05) is 0 Å². The Kier molecular flexibility index (Phi) is 2.70. The molecule has 0 heterocycles. The second-order valence-corrected chi connectivity index (χ2v) is 5.87. The number of benzene rings is 1. The molecule has 3 rings (SSSR count). The van der Waals surface area contributed by atoms with Crippen molar-refractivity contribution in [3.05, 3.63) is 35.6 Å². The minimum atomic E-state index is -0.114. The van der Waals surface area contributed by atoms with Crippen LogP contribution in [0.15, 0.2) is 24.3 Å². The largest absolute Gasteiger partial charge is 0.325 e.